The number of aromatic nitrogens is 3. The molecular formula is C15H17F3N4O3. The van der Waals surface area contributed by atoms with Crippen LogP contribution in [0.25, 0.3) is 11.4 Å². The SMILES string of the molecule is COCC(=O)NCCn1nc(-c2cccc(C(F)(F)F)c2)n(C)c1=O. The highest BCUT2D eigenvalue weighted by molar-refractivity contribution is 5.77. The van der Waals surface area contributed by atoms with Crippen molar-refractivity contribution in [2.24, 2.45) is 7.05 Å². The second-order valence-electron chi connectivity index (χ2n) is 5.25. The Balaban J connectivity index is 2.21. The lowest BCUT2D eigenvalue weighted by Gasteiger charge is -2.08. The van der Waals surface area contributed by atoms with Gasteiger partial charge in [-0.05, 0) is 12.1 Å². The number of ether oxygens (including phenoxy) is 1. The molecule has 1 N–H and O–H groups in total. The topological polar surface area (TPSA) is 78.2 Å². The largest absolute Gasteiger partial charge is 0.416 e. The van der Waals surface area contributed by atoms with E-state index in [1.54, 1.807) is 0 Å². The van der Waals surface area contributed by atoms with Gasteiger partial charge in [0.1, 0.15) is 6.61 Å². The first-order chi connectivity index (χ1) is 11.7. The van der Waals surface area contributed by atoms with E-state index < -0.39 is 17.4 Å². The second kappa shape index (κ2) is 7.51. The fourth-order valence-corrected chi connectivity index (χ4v) is 2.20. The molecule has 0 saturated heterocycles. The molecule has 10 heteroatoms. The van der Waals surface area contributed by atoms with Crippen LogP contribution < -0.4 is 11.0 Å². The number of carbonyl (C=O) groups is 1. The van der Waals surface area contributed by atoms with Crippen molar-refractivity contribution in [3.8, 4) is 11.4 Å². The molecule has 136 valence electrons. The van der Waals surface area contributed by atoms with Gasteiger partial charge in [-0.1, -0.05) is 12.1 Å². The van der Waals surface area contributed by atoms with Crippen molar-refractivity contribution in [3.05, 3.63) is 40.3 Å². The Hall–Kier alpha value is -2.62. The molecule has 0 unspecified atom stereocenters. The number of amides is 1. The molecule has 2 aromatic rings. The number of carbonyl (C=O) groups excluding carboxylic acids is 1. The zero-order valence-corrected chi connectivity index (χ0v) is 13.6. The Bertz CT molecular complexity index is 811. The van der Waals surface area contributed by atoms with Gasteiger partial charge in [0.2, 0.25) is 5.91 Å². The van der Waals surface area contributed by atoms with Gasteiger partial charge in [-0.25, -0.2) is 9.48 Å². The summed E-state index contributed by atoms with van der Waals surface area (Å²) in [5.41, 5.74) is -1.14. The second-order valence-corrected chi connectivity index (χ2v) is 5.25. The molecule has 0 saturated carbocycles. The maximum absolute atomic E-state index is 12.8. The highest BCUT2D eigenvalue weighted by Crippen LogP contribution is 2.31. The Morgan fingerprint density at radius 2 is 2.08 bits per heavy atom. The highest BCUT2D eigenvalue weighted by atomic mass is 19.4. The molecule has 1 amide bonds. The summed E-state index contributed by atoms with van der Waals surface area (Å²) in [5.74, 6) is -0.232. The molecule has 0 atom stereocenters. The van der Waals surface area contributed by atoms with E-state index in [1.165, 1.54) is 26.3 Å². The maximum Gasteiger partial charge on any atom is 0.416 e. The van der Waals surface area contributed by atoms with E-state index in [-0.39, 0.29) is 37.0 Å². The lowest BCUT2D eigenvalue weighted by Crippen LogP contribution is -2.33. The minimum atomic E-state index is -4.48. The van der Waals surface area contributed by atoms with Gasteiger partial charge in [0.05, 0.1) is 12.1 Å². The first kappa shape index (κ1) is 18.7. The van der Waals surface area contributed by atoms with Gasteiger partial charge in [0.25, 0.3) is 0 Å². The molecule has 7 nitrogen and oxygen atoms in total. The number of methoxy groups -OCH3 is 1. The van der Waals surface area contributed by atoms with Gasteiger partial charge in [-0.3, -0.25) is 9.36 Å². The Morgan fingerprint density at radius 1 is 1.36 bits per heavy atom. The Labute approximate surface area is 141 Å². The number of nitrogens with one attached hydrogen (secondary N) is 1. The summed E-state index contributed by atoms with van der Waals surface area (Å²) >= 11 is 0. The Kier molecular flexibility index (Phi) is 5.62. The van der Waals surface area contributed by atoms with E-state index in [2.05, 4.69) is 15.2 Å². The lowest BCUT2D eigenvalue weighted by molar-refractivity contribution is -0.137. The minimum absolute atomic E-state index is 0.0844. The summed E-state index contributed by atoms with van der Waals surface area (Å²) < 4.78 is 45.4. The van der Waals surface area contributed by atoms with Gasteiger partial charge in [0.15, 0.2) is 5.82 Å². The van der Waals surface area contributed by atoms with Gasteiger partial charge >= 0.3 is 11.9 Å². The van der Waals surface area contributed by atoms with Crippen molar-refractivity contribution in [2.45, 2.75) is 12.7 Å². The minimum Gasteiger partial charge on any atom is -0.375 e. The van der Waals surface area contributed by atoms with Crippen LogP contribution in [-0.2, 0) is 29.3 Å². The van der Waals surface area contributed by atoms with Crippen LogP contribution in [0.2, 0.25) is 0 Å². The summed E-state index contributed by atoms with van der Waals surface area (Å²) in [7, 11) is 2.80. The van der Waals surface area contributed by atoms with Crippen LogP contribution in [0.4, 0.5) is 13.2 Å². The molecule has 0 radical (unpaired) electrons. The fourth-order valence-electron chi connectivity index (χ4n) is 2.20. The molecule has 1 aromatic heterocycles. The fraction of sp³-hybridized carbons (Fsp3) is 0.400. The van der Waals surface area contributed by atoms with Gasteiger partial charge in [0, 0.05) is 26.3 Å². The summed E-state index contributed by atoms with van der Waals surface area (Å²) in [4.78, 5) is 23.4. The number of hydrogen-bond donors (Lipinski definition) is 1. The molecule has 0 spiro atoms. The molecule has 1 aromatic carbocycles. The van der Waals surface area contributed by atoms with Crippen molar-refractivity contribution in [1.82, 2.24) is 19.7 Å². The number of benzene rings is 1. The molecule has 0 bridgehead atoms. The van der Waals surface area contributed by atoms with Crippen LogP contribution in [0.3, 0.4) is 0 Å². The third-order valence-electron chi connectivity index (χ3n) is 3.41. The van der Waals surface area contributed by atoms with E-state index in [9.17, 15) is 22.8 Å². The van der Waals surface area contributed by atoms with Crippen LogP contribution in [-0.4, -0.2) is 40.5 Å². The normalized spacial score (nSPS) is 11.6. The van der Waals surface area contributed by atoms with E-state index in [1.807, 2.05) is 0 Å². The van der Waals surface area contributed by atoms with Crippen molar-refractivity contribution in [1.29, 1.82) is 0 Å². The molecule has 25 heavy (non-hydrogen) atoms. The number of nitrogens with zero attached hydrogens (tertiary/aromatic N) is 3. The van der Waals surface area contributed by atoms with Crippen molar-refractivity contribution in [3.63, 3.8) is 0 Å². The monoisotopic (exact) mass is 358 g/mol. The van der Waals surface area contributed by atoms with Gasteiger partial charge < -0.3 is 10.1 Å². The van der Waals surface area contributed by atoms with Crippen LogP contribution in [0.5, 0.6) is 0 Å². The van der Waals surface area contributed by atoms with E-state index in [4.69, 9.17) is 0 Å². The molecule has 0 aliphatic heterocycles. The van der Waals surface area contributed by atoms with Crippen LogP contribution >= 0.6 is 0 Å². The van der Waals surface area contributed by atoms with E-state index >= 15 is 0 Å². The predicted molar refractivity (Wildman–Crippen MR) is 82.8 cm³/mol. The number of hydrogen-bond acceptors (Lipinski definition) is 4. The van der Waals surface area contributed by atoms with Gasteiger partial charge in [-0.15, -0.1) is 5.10 Å². The highest BCUT2D eigenvalue weighted by Gasteiger charge is 2.30. The quantitative estimate of drug-likeness (QED) is 0.837. The van der Waals surface area contributed by atoms with Gasteiger partial charge in [-0.2, -0.15) is 13.2 Å². The van der Waals surface area contributed by atoms with Crippen LogP contribution in [0.1, 0.15) is 5.56 Å². The van der Waals surface area contributed by atoms with E-state index in [0.717, 1.165) is 21.4 Å². The molecule has 0 aliphatic rings. The van der Waals surface area contributed by atoms with Crippen molar-refractivity contribution in [2.75, 3.05) is 20.3 Å². The first-order valence-corrected chi connectivity index (χ1v) is 7.31. The third kappa shape index (κ3) is 4.47. The average Bonchev–Trinajstić information content (AvgIpc) is 2.83. The summed E-state index contributed by atoms with van der Waals surface area (Å²) in [5, 5.41) is 6.60. The van der Waals surface area contributed by atoms with Crippen LogP contribution in [0.15, 0.2) is 29.1 Å². The zero-order valence-electron chi connectivity index (χ0n) is 13.6. The molecular weight excluding hydrogens is 341 g/mol. The molecule has 0 fully saturated rings. The summed E-state index contributed by atoms with van der Waals surface area (Å²) in [6, 6.07) is 4.59. The predicted octanol–water partition coefficient (Wildman–Crippen LogP) is 1.03. The lowest BCUT2D eigenvalue weighted by atomic mass is 10.1. The first-order valence-electron chi connectivity index (χ1n) is 7.31. The van der Waals surface area contributed by atoms with Crippen LogP contribution in [0, 0.1) is 0 Å². The maximum atomic E-state index is 12.8. The standard InChI is InChI=1S/C15H17F3N4O3/c1-21-13(10-4-3-5-11(8-10)15(16,17)18)20-22(14(21)24)7-6-19-12(23)9-25-2/h3-5,8H,6-7,9H2,1-2H3,(H,19,23). The smallest absolute Gasteiger partial charge is 0.375 e. The van der Waals surface area contributed by atoms with Crippen molar-refractivity contribution < 1.29 is 22.7 Å². The average molecular weight is 358 g/mol. The zero-order chi connectivity index (χ0) is 18.6. The molecule has 1 heterocycles. The Morgan fingerprint density at radius 3 is 2.72 bits per heavy atom. The summed E-state index contributed by atoms with van der Waals surface area (Å²) in [6.45, 7) is 0.120. The molecule has 0 aliphatic carbocycles. The number of halogens is 3. The summed E-state index contributed by atoms with van der Waals surface area (Å²) in [6.07, 6.45) is -4.48. The number of alkyl halides is 3. The number of rotatable bonds is 6. The van der Waals surface area contributed by atoms with Crippen molar-refractivity contribution >= 4 is 5.91 Å². The van der Waals surface area contributed by atoms with E-state index in [0.29, 0.717) is 0 Å². The third-order valence-corrected chi connectivity index (χ3v) is 3.41. The molecule has 2 rings (SSSR count).